The van der Waals surface area contributed by atoms with Gasteiger partial charge >= 0.3 is 0 Å². The fraction of sp³-hybridized carbons (Fsp3) is 0.385. The van der Waals surface area contributed by atoms with Gasteiger partial charge < -0.3 is 4.90 Å². The molecule has 0 saturated heterocycles. The second kappa shape index (κ2) is 9.37. The van der Waals surface area contributed by atoms with Gasteiger partial charge in [-0.05, 0) is 82.2 Å². The summed E-state index contributed by atoms with van der Waals surface area (Å²) in [7, 11) is 0. The summed E-state index contributed by atoms with van der Waals surface area (Å²) in [5.74, 6) is 0. The Kier molecular flexibility index (Phi) is 6.61. The summed E-state index contributed by atoms with van der Waals surface area (Å²) in [5.41, 5.74) is 13.2. The molecule has 0 atom stereocenters. The second-order valence-corrected chi connectivity index (χ2v) is 15.1. The van der Waals surface area contributed by atoms with Crippen LogP contribution in [-0.4, -0.2) is 5.54 Å². The Morgan fingerprint density at radius 3 is 1.75 bits per heavy atom. The van der Waals surface area contributed by atoms with Gasteiger partial charge in [-0.1, -0.05) is 134 Å². The van der Waals surface area contributed by atoms with Crippen LogP contribution in [0.2, 0.25) is 0 Å². The second-order valence-electron chi connectivity index (χ2n) is 15.1. The third-order valence-corrected chi connectivity index (χ3v) is 8.51. The van der Waals surface area contributed by atoms with Gasteiger partial charge in [0.1, 0.15) is 0 Å². The molecule has 0 spiro atoms. The highest BCUT2D eigenvalue weighted by molar-refractivity contribution is 5.91. The Hall–Kier alpha value is -3.32. The molecule has 0 aromatic heterocycles. The average molecular weight is 530 g/mol. The molecule has 1 aliphatic carbocycles. The summed E-state index contributed by atoms with van der Waals surface area (Å²) in [4.78, 5) is 2.69. The van der Waals surface area contributed by atoms with Crippen molar-refractivity contribution in [3.8, 4) is 22.3 Å². The number of benzene rings is 4. The average Bonchev–Trinajstić information content (AvgIpc) is 3.10. The van der Waals surface area contributed by atoms with Crippen molar-refractivity contribution in [3.05, 3.63) is 107 Å². The van der Waals surface area contributed by atoms with Crippen molar-refractivity contribution in [2.75, 3.05) is 4.90 Å². The Morgan fingerprint density at radius 1 is 0.550 bits per heavy atom. The summed E-state index contributed by atoms with van der Waals surface area (Å²) < 4.78 is 0. The molecule has 4 aromatic rings. The smallest absolute Gasteiger partial charge is 0.0501 e. The van der Waals surface area contributed by atoms with E-state index in [2.05, 4.69) is 166 Å². The van der Waals surface area contributed by atoms with Gasteiger partial charge in [-0.2, -0.15) is 0 Å². The minimum Gasteiger partial charge on any atom is -0.335 e. The first-order valence-electron chi connectivity index (χ1n) is 14.8. The van der Waals surface area contributed by atoms with Crippen LogP contribution in [0.5, 0.6) is 0 Å². The molecule has 1 nitrogen and oxygen atoms in total. The van der Waals surface area contributed by atoms with Crippen LogP contribution in [0.3, 0.4) is 0 Å². The molecular weight excluding hydrogens is 482 g/mol. The number of hydrogen-bond acceptors (Lipinski definition) is 1. The van der Waals surface area contributed by atoms with Crippen LogP contribution in [0.1, 0.15) is 98.4 Å². The van der Waals surface area contributed by atoms with Crippen molar-refractivity contribution in [2.24, 2.45) is 0 Å². The molecular formula is C39H47N. The lowest BCUT2D eigenvalue weighted by atomic mass is 9.75. The van der Waals surface area contributed by atoms with E-state index in [-0.39, 0.29) is 21.8 Å². The largest absolute Gasteiger partial charge is 0.335 e. The van der Waals surface area contributed by atoms with Crippen molar-refractivity contribution in [2.45, 2.75) is 97.9 Å². The van der Waals surface area contributed by atoms with Gasteiger partial charge in [0.2, 0.25) is 0 Å². The Labute approximate surface area is 243 Å². The first kappa shape index (κ1) is 28.2. The molecule has 0 fully saturated rings. The van der Waals surface area contributed by atoms with Crippen LogP contribution in [0.4, 0.5) is 11.4 Å². The Bertz CT molecular complexity index is 1550. The molecule has 0 radical (unpaired) electrons. The minimum absolute atomic E-state index is 0.0301. The van der Waals surface area contributed by atoms with Gasteiger partial charge in [0.25, 0.3) is 0 Å². The predicted molar refractivity (Wildman–Crippen MR) is 175 cm³/mol. The van der Waals surface area contributed by atoms with E-state index in [1.807, 2.05) is 0 Å². The minimum atomic E-state index is -0.171. The summed E-state index contributed by atoms with van der Waals surface area (Å²) in [6, 6.07) is 31.6. The van der Waals surface area contributed by atoms with Crippen LogP contribution in [0.25, 0.3) is 22.3 Å². The van der Waals surface area contributed by atoms with Crippen molar-refractivity contribution < 1.29 is 0 Å². The molecule has 0 amide bonds. The van der Waals surface area contributed by atoms with Gasteiger partial charge in [0.05, 0.1) is 5.69 Å². The van der Waals surface area contributed by atoms with E-state index in [4.69, 9.17) is 0 Å². The van der Waals surface area contributed by atoms with Gasteiger partial charge in [0, 0.05) is 16.6 Å². The van der Waals surface area contributed by atoms with Gasteiger partial charge in [-0.15, -0.1) is 0 Å². The van der Waals surface area contributed by atoms with Crippen LogP contribution in [0, 0.1) is 0 Å². The normalized spacial score (nSPS) is 14.6. The number of nitrogens with zero attached hydrogens (tertiary/aromatic N) is 1. The Morgan fingerprint density at radius 2 is 1.15 bits per heavy atom. The summed E-state index contributed by atoms with van der Waals surface area (Å²) in [5, 5.41) is 0. The SMILES string of the molecule is CC(C)(C)c1ccc2c(c1N(c1cccc(-c3ccccc3)c1C(C)(C)C)C(C)(C)C)C(C)(C)c1ccccc1-2. The van der Waals surface area contributed by atoms with E-state index in [1.165, 1.54) is 55.9 Å². The van der Waals surface area contributed by atoms with E-state index >= 15 is 0 Å². The van der Waals surface area contributed by atoms with E-state index in [0.717, 1.165) is 0 Å². The fourth-order valence-corrected chi connectivity index (χ4v) is 6.87. The monoisotopic (exact) mass is 529 g/mol. The summed E-state index contributed by atoms with van der Waals surface area (Å²) in [6.07, 6.45) is 0. The van der Waals surface area contributed by atoms with Crippen molar-refractivity contribution >= 4 is 11.4 Å². The molecule has 1 heteroatoms. The van der Waals surface area contributed by atoms with Gasteiger partial charge in [0.15, 0.2) is 0 Å². The lowest BCUT2D eigenvalue weighted by molar-refractivity contribution is 0.526. The first-order chi connectivity index (χ1) is 18.5. The lowest BCUT2D eigenvalue weighted by Crippen LogP contribution is -2.42. The topological polar surface area (TPSA) is 3.24 Å². The van der Waals surface area contributed by atoms with E-state index in [0.29, 0.717) is 0 Å². The molecule has 5 rings (SSSR count). The highest BCUT2D eigenvalue weighted by Crippen LogP contribution is 2.57. The quantitative estimate of drug-likeness (QED) is 0.255. The molecule has 1 aliphatic rings. The molecule has 0 saturated carbocycles. The molecule has 0 unspecified atom stereocenters. The highest BCUT2D eigenvalue weighted by Gasteiger charge is 2.43. The zero-order valence-corrected chi connectivity index (χ0v) is 26.5. The van der Waals surface area contributed by atoms with Crippen LogP contribution in [-0.2, 0) is 16.2 Å². The number of anilines is 2. The van der Waals surface area contributed by atoms with E-state index in [9.17, 15) is 0 Å². The molecule has 0 heterocycles. The maximum atomic E-state index is 2.69. The Balaban J connectivity index is 1.94. The number of hydrogen-bond donors (Lipinski definition) is 0. The number of rotatable bonds is 3. The zero-order chi connectivity index (χ0) is 29.3. The first-order valence-corrected chi connectivity index (χ1v) is 14.8. The van der Waals surface area contributed by atoms with Crippen LogP contribution in [0.15, 0.2) is 84.9 Å². The van der Waals surface area contributed by atoms with Gasteiger partial charge in [-0.25, -0.2) is 0 Å². The molecule has 0 bridgehead atoms. The third-order valence-electron chi connectivity index (χ3n) is 8.51. The standard InChI is InChI=1S/C39H47N/c1-36(2,3)31-25-24-29-28-20-15-16-22-30(28)39(10,11)34(29)35(31)40(38(7,8)9)32-23-17-21-27(33(32)37(4,5)6)26-18-13-12-14-19-26/h12-25H,1-11H3. The molecule has 0 N–H and O–H groups in total. The predicted octanol–water partition coefficient (Wildman–Crippen LogP) is 11.2. The molecule has 40 heavy (non-hydrogen) atoms. The van der Waals surface area contributed by atoms with Crippen molar-refractivity contribution in [1.82, 2.24) is 0 Å². The summed E-state index contributed by atoms with van der Waals surface area (Å²) >= 11 is 0. The fourth-order valence-electron chi connectivity index (χ4n) is 6.87. The number of fused-ring (bicyclic) bond motifs is 3. The molecule has 0 aliphatic heterocycles. The van der Waals surface area contributed by atoms with Gasteiger partial charge in [-0.3, -0.25) is 0 Å². The highest BCUT2D eigenvalue weighted by atomic mass is 15.2. The van der Waals surface area contributed by atoms with Crippen molar-refractivity contribution in [3.63, 3.8) is 0 Å². The maximum absolute atomic E-state index is 2.69. The van der Waals surface area contributed by atoms with Crippen LogP contribution < -0.4 is 4.90 Å². The maximum Gasteiger partial charge on any atom is 0.0501 e. The molecule has 4 aromatic carbocycles. The lowest BCUT2D eigenvalue weighted by Gasteiger charge is -2.46. The van der Waals surface area contributed by atoms with E-state index in [1.54, 1.807) is 0 Å². The van der Waals surface area contributed by atoms with Crippen molar-refractivity contribution in [1.29, 1.82) is 0 Å². The van der Waals surface area contributed by atoms with E-state index < -0.39 is 0 Å². The summed E-state index contributed by atoms with van der Waals surface area (Å²) in [6.45, 7) is 26.1. The zero-order valence-electron chi connectivity index (χ0n) is 26.5. The molecule has 208 valence electrons. The third kappa shape index (κ3) is 4.58. The van der Waals surface area contributed by atoms with Crippen LogP contribution >= 0.6 is 0 Å².